The monoisotopic (exact) mass is 881 g/mol. The maximum absolute atomic E-state index is 12.8. The Morgan fingerprint density at radius 2 is 0.750 bits per heavy atom. The molecule has 0 amide bonds. The number of phosphoric ester groups is 1. The molecule has 60 heavy (non-hydrogen) atoms. The van der Waals surface area contributed by atoms with Gasteiger partial charge in [0.25, 0.3) is 0 Å². The minimum atomic E-state index is -5.11. The normalized spacial score (nSPS) is 22.1. The predicted octanol–water partition coefficient (Wildman–Crippen LogP) is 9.67. The number of esters is 2. The van der Waals surface area contributed by atoms with Crippen molar-refractivity contribution in [1.29, 1.82) is 0 Å². The van der Waals surface area contributed by atoms with Gasteiger partial charge in [0, 0.05) is 12.8 Å². The van der Waals surface area contributed by atoms with E-state index in [0.29, 0.717) is 12.8 Å². The minimum Gasteiger partial charge on any atom is -0.462 e. The van der Waals surface area contributed by atoms with Gasteiger partial charge < -0.3 is 39.9 Å². The van der Waals surface area contributed by atoms with E-state index in [4.69, 9.17) is 18.5 Å². The Hall–Kier alpha value is -1.15. The van der Waals surface area contributed by atoms with Crippen LogP contribution in [-0.2, 0) is 32.7 Å². The van der Waals surface area contributed by atoms with Crippen LogP contribution in [0.25, 0.3) is 0 Å². The molecule has 8 atom stereocenters. The molecule has 0 radical (unpaired) electrons. The van der Waals surface area contributed by atoms with E-state index in [2.05, 4.69) is 13.8 Å². The summed E-state index contributed by atoms with van der Waals surface area (Å²) in [5, 5.41) is 50.1. The van der Waals surface area contributed by atoms with E-state index < -0.39 is 75.7 Å². The van der Waals surface area contributed by atoms with E-state index in [-0.39, 0.29) is 12.8 Å². The van der Waals surface area contributed by atoms with Gasteiger partial charge in [0.05, 0.1) is 6.61 Å². The molecule has 0 aliphatic heterocycles. The minimum absolute atomic E-state index is 0.105. The van der Waals surface area contributed by atoms with E-state index in [0.717, 1.165) is 38.5 Å². The quantitative estimate of drug-likeness (QED) is 0.0192. The third-order valence-corrected chi connectivity index (χ3v) is 12.7. The molecular formula is C46H89O13P. The number of carbonyl (C=O) groups excluding carboxylic acids is 2. The largest absolute Gasteiger partial charge is 0.472 e. The van der Waals surface area contributed by atoms with Gasteiger partial charge in [0.1, 0.15) is 43.2 Å². The molecule has 0 saturated heterocycles. The first kappa shape index (κ1) is 56.9. The van der Waals surface area contributed by atoms with E-state index in [1.54, 1.807) is 0 Å². The second kappa shape index (κ2) is 37.2. The molecule has 0 aromatic rings. The predicted molar refractivity (Wildman–Crippen MR) is 235 cm³/mol. The van der Waals surface area contributed by atoms with Crippen molar-refractivity contribution in [3.63, 3.8) is 0 Å². The van der Waals surface area contributed by atoms with Gasteiger partial charge in [-0.25, -0.2) is 4.57 Å². The molecule has 14 heteroatoms. The van der Waals surface area contributed by atoms with Crippen LogP contribution < -0.4 is 0 Å². The van der Waals surface area contributed by atoms with Gasteiger partial charge in [-0.05, 0) is 12.8 Å². The van der Waals surface area contributed by atoms with Crippen LogP contribution in [0.3, 0.4) is 0 Å². The van der Waals surface area contributed by atoms with Gasteiger partial charge in [-0.1, -0.05) is 200 Å². The third-order valence-electron chi connectivity index (χ3n) is 11.7. The number of phosphoric acid groups is 1. The number of ether oxygens (including phenoxy) is 2. The van der Waals surface area contributed by atoms with Gasteiger partial charge in [-0.2, -0.15) is 0 Å². The first-order chi connectivity index (χ1) is 28.9. The van der Waals surface area contributed by atoms with Crippen LogP contribution in [-0.4, -0.2) is 98.3 Å². The number of carbonyl (C=O) groups is 2. The van der Waals surface area contributed by atoms with E-state index in [1.807, 2.05) is 0 Å². The summed E-state index contributed by atoms with van der Waals surface area (Å²) in [7, 11) is -5.11. The smallest absolute Gasteiger partial charge is 0.462 e. The van der Waals surface area contributed by atoms with Crippen molar-refractivity contribution in [3.8, 4) is 0 Å². The molecule has 1 saturated carbocycles. The van der Waals surface area contributed by atoms with Crippen molar-refractivity contribution in [2.75, 3.05) is 13.2 Å². The number of hydrogen-bond donors (Lipinski definition) is 6. The summed E-state index contributed by atoms with van der Waals surface area (Å²) in [6.45, 7) is 3.33. The van der Waals surface area contributed by atoms with Crippen molar-refractivity contribution >= 4 is 19.8 Å². The fraction of sp³-hybridized carbons (Fsp3) is 0.957. The average molecular weight is 881 g/mol. The van der Waals surface area contributed by atoms with Crippen LogP contribution in [0.15, 0.2) is 0 Å². The fourth-order valence-corrected chi connectivity index (χ4v) is 8.73. The molecule has 0 spiro atoms. The Bertz CT molecular complexity index is 1060. The molecule has 356 valence electrons. The lowest BCUT2D eigenvalue weighted by atomic mass is 9.85. The Labute approximate surface area is 363 Å². The van der Waals surface area contributed by atoms with Crippen molar-refractivity contribution in [2.24, 2.45) is 0 Å². The number of aliphatic hydroxyl groups is 5. The number of rotatable bonds is 41. The van der Waals surface area contributed by atoms with Gasteiger partial charge in [0.15, 0.2) is 6.10 Å². The molecule has 0 bridgehead atoms. The van der Waals surface area contributed by atoms with Crippen LogP contribution in [0, 0.1) is 0 Å². The standard InChI is InChI=1S/C46H89O13P/c1-3-5-7-9-11-13-15-17-18-19-20-21-23-24-26-28-30-32-34-39(47)56-36-38(37-57-60(54,55)59-46-44(52)42(50)41(49)43(51)45(46)53)58-40(48)35-33-31-29-27-25-22-16-14-12-10-8-6-4-2/h38,41-46,49-53H,3-37H2,1-2H3,(H,54,55)/t38-,41?,42-,43?,44?,45?,46?/m0/s1. The highest BCUT2D eigenvalue weighted by Gasteiger charge is 2.51. The maximum atomic E-state index is 12.8. The molecule has 0 heterocycles. The summed E-state index contributed by atoms with van der Waals surface area (Å²) in [4.78, 5) is 35.7. The molecule has 13 nitrogen and oxygen atoms in total. The van der Waals surface area contributed by atoms with E-state index in [9.17, 15) is 44.6 Å². The topological polar surface area (TPSA) is 210 Å². The third kappa shape index (κ3) is 29.3. The Morgan fingerprint density at radius 1 is 0.450 bits per heavy atom. The second-order valence-electron chi connectivity index (χ2n) is 17.3. The lowest BCUT2D eigenvalue weighted by Gasteiger charge is -2.41. The van der Waals surface area contributed by atoms with E-state index in [1.165, 1.54) is 148 Å². The highest BCUT2D eigenvalue weighted by atomic mass is 31.2. The summed E-state index contributed by atoms with van der Waals surface area (Å²) in [5.41, 5.74) is 0. The Balaban J connectivity index is 2.40. The molecule has 1 rings (SSSR count). The summed E-state index contributed by atoms with van der Waals surface area (Å²) >= 11 is 0. The molecule has 1 aliphatic carbocycles. The average Bonchev–Trinajstić information content (AvgIpc) is 3.23. The zero-order valence-corrected chi connectivity index (χ0v) is 38.7. The summed E-state index contributed by atoms with van der Waals surface area (Å²) in [6.07, 6.45) is 24.4. The zero-order valence-electron chi connectivity index (χ0n) is 37.8. The molecule has 6 N–H and O–H groups in total. The Kier molecular flexibility index (Phi) is 35.3. The second-order valence-corrected chi connectivity index (χ2v) is 18.7. The maximum Gasteiger partial charge on any atom is 0.472 e. The Morgan fingerprint density at radius 3 is 1.10 bits per heavy atom. The van der Waals surface area contributed by atoms with Crippen molar-refractivity contribution in [3.05, 3.63) is 0 Å². The van der Waals surface area contributed by atoms with Gasteiger partial charge in [-0.3, -0.25) is 18.6 Å². The molecule has 0 aromatic carbocycles. The van der Waals surface area contributed by atoms with Crippen LogP contribution in [0.1, 0.15) is 226 Å². The summed E-state index contributed by atoms with van der Waals surface area (Å²) in [6, 6.07) is 0. The summed E-state index contributed by atoms with van der Waals surface area (Å²) in [5.74, 6) is -1.08. The SMILES string of the molecule is CCCCCCCCCCCCCCCCCCCCC(=O)OC[C@@H](COP(=O)(O)OC1C(O)C(O)C(O)[C@H](O)C1O)OC(=O)CCCCCCCCCCCCCCC. The molecule has 1 fully saturated rings. The fourth-order valence-electron chi connectivity index (χ4n) is 7.76. The van der Waals surface area contributed by atoms with Crippen molar-refractivity contribution in [2.45, 2.75) is 268 Å². The lowest BCUT2D eigenvalue weighted by Crippen LogP contribution is -2.64. The number of aliphatic hydroxyl groups excluding tert-OH is 5. The summed E-state index contributed by atoms with van der Waals surface area (Å²) < 4.78 is 33.6. The van der Waals surface area contributed by atoms with E-state index >= 15 is 0 Å². The molecule has 0 aromatic heterocycles. The van der Waals surface area contributed by atoms with Gasteiger partial charge >= 0.3 is 19.8 Å². The van der Waals surface area contributed by atoms with Gasteiger partial charge in [0.2, 0.25) is 0 Å². The lowest BCUT2D eigenvalue weighted by molar-refractivity contribution is -0.220. The van der Waals surface area contributed by atoms with Crippen LogP contribution >= 0.6 is 7.82 Å². The number of hydrogen-bond acceptors (Lipinski definition) is 12. The zero-order chi connectivity index (χ0) is 44.3. The number of unbranched alkanes of at least 4 members (excludes halogenated alkanes) is 29. The van der Waals surface area contributed by atoms with Crippen molar-refractivity contribution in [1.82, 2.24) is 0 Å². The molecular weight excluding hydrogens is 791 g/mol. The van der Waals surface area contributed by atoms with Crippen LogP contribution in [0.5, 0.6) is 0 Å². The highest BCUT2D eigenvalue weighted by Crippen LogP contribution is 2.47. The first-order valence-electron chi connectivity index (χ1n) is 24.3. The molecule has 6 unspecified atom stereocenters. The van der Waals surface area contributed by atoms with Gasteiger partial charge in [-0.15, -0.1) is 0 Å². The van der Waals surface area contributed by atoms with Crippen LogP contribution in [0.2, 0.25) is 0 Å². The van der Waals surface area contributed by atoms with Crippen LogP contribution in [0.4, 0.5) is 0 Å². The first-order valence-corrected chi connectivity index (χ1v) is 25.8. The van der Waals surface area contributed by atoms with Crippen molar-refractivity contribution < 1.29 is 63.1 Å². The molecule has 1 aliphatic rings. The highest BCUT2D eigenvalue weighted by molar-refractivity contribution is 7.47.